The van der Waals surface area contributed by atoms with E-state index in [0.717, 1.165) is 17.9 Å². The number of ether oxygens (including phenoxy) is 1. The van der Waals surface area contributed by atoms with Crippen molar-refractivity contribution in [3.8, 4) is 5.75 Å². The zero-order valence-corrected chi connectivity index (χ0v) is 12.8. The SMILES string of the molecule is COc1cc(C(NN)C2CSCCN2C)ccc1Cl. The molecule has 1 aromatic rings. The standard InChI is InChI=1S/C13H20ClN3OS/c1-17-5-6-19-8-11(17)13(16-15)9-3-4-10(14)12(7-9)18-2/h3-4,7,11,13,16H,5-6,8,15H2,1-2H3. The van der Waals surface area contributed by atoms with E-state index in [1.165, 1.54) is 5.75 Å². The molecular formula is C13H20ClN3OS. The van der Waals surface area contributed by atoms with Crippen LogP contribution in [0.2, 0.25) is 5.02 Å². The van der Waals surface area contributed by atoms with Crippen molar-refractivity contribution in [2.45, 2.75) is 12.1 Å². The summed E-state index contributed by atoms with van der Waals surface area (Å²) in [5.41, 5.74) is 4.04. The van der Waals surface area contributed by atoms with Gasteiger partial charge < -0.3 is 4.74 Å². The third-order valence-electron chi connectivity index (χ3n) is 3.54. The zero-order chi connectivity index (χ0) is 13.8. The van der Waals surface area contributed by atoms with E-state index >= 15 is 0 Å². The summed E-state index contributed by atoms with van der Waals surface area (Å²) in [5.74, 6) is 8.69. The Labute approximate surface area is 123 Å². The van der Waals surface area contributed by atoms with Crippen LogP contribution in [0.5, 0.6) is 5.75 Å². The van der Waals surface area contributed by atoms with Crippen LogP contribution in [0, 0.1) is 0 Å². The number of thioether (sulfide) groups is 1. The van der Waals surface area contributed by atoms with Crippen molar-refractivity contribution in [3.05, 3.63) is 28.8 Å². The molecule has 0 saturated carbocycles. The number of benzene rings is 1. The monoisotopic (exact) mass is 301 g/mol. The van der Waals surface area contributed by atoms with Gasteiger partial charge in [-0.25, -0.2) is 0 Å². The minimum Gasteiger partial charge on any atom is -0.495 e. The first-order valence-corrected chi connectivity index (χ1v) is 7.78. The molecule has 3 N–H and O–H groups in total. The summed E-state index contributed by atoms with van der Waals surface area (Å²) >= 11 is 8.03. The number of nitrogens with zero attached hydrogens (tertiary/aromatic N) is 1. The lowest BCUT2D eigenvalue weighted by molar-refractivity contribution is 0.216. The van der Waals surface area contributed by atoms with Gasteiger partial charge in [0.15, 0.2) is 0 Å². The second-order valence-corrected chi connectivity index (χ2v) is 6.22. The second kappa shape index (κ2) is 6.81. The molecule has 6 heteroatoms. The maximum Gasteiger partial charge on any atom is 0.137 e. The molecule has 2 unspecified atom stereocenters. The predicted octanol–water partition coefficient (Wildman–Crippen LogP) is 1.90. The fourth-order valence-corrected chi connectivity index (χ4v) is 3.82. The van der Waals surface area contributed by atoms with E-state index < -0.39 is 0 Å². The first kappa shape index (κ1) is 14.9. The van der Waals surface area contributed by atoms with Crippen molar-refractivity contribution < 1.29 is 4.74 Å². The topological polar surface area (TPSA) is 50.5 Å². The minimum atomic E-state index is 0.0731. The summed E-state index contributed by atoms with van der Waals surface area (Å²) in [6.07, 6.45) is 0. The summed E-state index contributed by atoms with van der Waals surface area (Å²) in [6.45, 7) is 1.08. The molecule has 0 spiro atoms. The normalized spacial score (nSPS) is 22.2. The molecule has 0 aliphatic carbocycles. The van der Waals surface area contributed by atoms with E-state index in [1.54, 1.807) is 7.11 Å². The number of hydrazine groups is 1. The largest absolute Gasteiger partial charge is 0.495 e. The molecule has 1 heterocycles. The van der Waals surface area contributed by atoms with Gasteiger partial charge in [0.05, 0.1) is 18.2 Å². The Morgan fingerprint density at radius 1 is 1.58 bits per heavy atom. The van der Waals surface area contributed by atoms with E-state index in [9.17, 15) is 0 Å². The van der Waals surface area contributed by atoms with Gasteiger partial charge in [-0.3, -0.25) is 16.2 Å². The van der Waals surface area contributed by atoms with Gasteiger partial charge in [-0.05, 0) is 24.7 Å². The highest BCUT2D eigenvalue weighted by Crippen LogP contribution is 2.31. The van der Waals surface area contributed by atoms with E-state index in [1.807, 2.05) is 30.0 Å². The predicted molar refractivity (Wildman–Crippen MR) is 81.8 cm³/mol. The number of hydrogen-bond donors (Lipinski definition) is 2. The van der Waals surface area contributed by atoms with Crippen LogP contribution in [0.25, 0.3) is 0 Å². The maximum absolute atomic E-state index is 6.07. The van der Waals surface area contributed by atoms with E-state index in [2.05, 4.69) is 17.4 Å². The van der Waals surface area contributed by atoms with Crippen molar-refractivity contribution in [1.29, 1.82) is 0 Å². The lowest BCUT2D eigenvalue weighted by Gasteiger charge is -2.37. The van der Waals surface area contributed by atoms with Crippen molar-refractivity contribution in [2.24, 2.45) is 5.84 Å². The molecule has 0 radical (unpaired) electrons. The van der Waals surface area contributed by atoms with Crippen LogP contribution < -0.4 is 16.0 Å². The fourth-order valence-electron chi connectivity index (χ4n) is 2.36. The molecule has 1 aromatic carbocycles. The molecule has 1 saturated heterocycles. The van der Waals surface area contributed by atoms with Crippen LogP contribution in [0.3, 0.4) is 0 Å². The number of nitrogens with one attached hydrogen (secondary N) is 1. The van der Waals surface area contributed by atoms with Gasteiger partial charge in [0, 0.05) is 24.1 Å². The Morgan fingerprint density at radius 3 is 3.00 bits per heavy atom. The number of methoxy groups -OCH3 is 1. The Morgan fingerprint density at radius 2 is 2.37 bits per heavy atom. The highest BCUT2D eigenvalue weighted by molar-refractivity contribution is 7.99. The highest BCUT2D eigenvalue weighted by atomic mass is 35.5. The molecule has 1 aliphatic heterocycles. The lowest BCUT2D eigenvalue weighted by atomic mass is 9.99. The fraction of sp³-hybridized carbons (Fsp3) is 0.538. The summed E-state index contributed by atoms with van der Waals surface area (Å²) in [6, 6.07) is 6.26. The molecule has 106 valence electrons. The number of nitrogens with two attached hydrogens (primary N) is 1. The van der Waals surface area contributed by atoms with Crippen LogP contribution in [0.1, 0.15) is 11.6 Å². The number of rotatable bonds is 4. The molecular weight excluding hydrogens is 282 g/mol. The summed E-state index contributed by atoms with van der Waals surface area (Å²) in [5, 5.41) is 0.619. The van der Waals surface area contributed by atoms with Crippen molar-refractivity contribution in [3.63, 3.8) is 0 Å². The molecule has 0 bridgehead atoms. The Balaban J connectivity index is 2.25. The van der Waals surface area contributed by atoms with Crippen LogP contribution in [0.15, 0.2) is 18.2 Å². The summed E-state index contributed by atoms with van der Waals surface area (Å²) in [4.78, 5) is 2.35. The molecule has 0 amide bonds. The minimum absolute atomic E-state index is 0.0731. The molecule has 1 aliphatic rings. The van der Waals surface area contributed by atoms with Gasteiger partial charge in [-0.1, -0.05) is 17.7 Å². The van der Waals surface area contributed by atoms with Gasteiger partial charge in [-0.2, -0.15) is 11.8 Å². The van der Waals surface area contributed by atoms with Crippen molar-refractivity contribution in [1.82, 2.24) is 10.3 Å². The van der Waals surface area contributed by atoms with Crippen molar-refractivity contribution >= 4 is 23.4 Å². The van der Waals surface area contributed by atoms with E-state index in [0.29, 0.717) is 16.8 Å². The molecule has 4 nitrogen and oxygen atoms in total. The highest BCUT2D eigenvalue weighted by Gasteiger charge is 2.28. The van der Waals surface area contributed by atoms with Gasteiger partial charge in [-0.15, -0.1) is 0 Å². The second-order valence-electron chi connectivity index (χ2n) is 4.66. The van der Waals surface area contributed by atoms with Crippen molar-refractivity contribution in [2.75, 3.05) is 32.2 Å². The van der Waals surface area contributed by atoms with Gasteiger partial charge in [0.1, 0.15) is 5.75 Å². The maximum atomic E-state index is 6.07. The van der Waals surface area contributed by atoms with Gasteiger partial charge in [0.2, 0.25) is 0 Å². The first-order valence-electron chi connectivity index (χ1n) is 6.25. The average Bonchev–Trinajstić information content (AvgIpc) is 2.43. The van der Waals surface area contributed by atoms with Crippen LogP contribution in [-0.4, -0.2) is 43.1 Å². The van der Waals surface area contributed by atoms with E-state index in [-0.39, 0.29) is 6.04 Å². The number of likely N-dealkylation sites (N-methyl/N-ethyl adjacent to an activating group) is 1. The van der Waals surface area contributed by atoms with Gasteiger partial charge >= 0.3 is 0 Å². The number of halogens is 1. The third kappa shape index (κ3) is 3.35. The Hall–Kier alpha value is -0.460. The van der Waals surface area contributed by atoms with Crippen LogP contribution in [0.4, 0.5) is 0 Å². The summed E-state index contributed by atoms with van der Waals surface area (Å²) in [7, 11) is 3.76. The smallest absolute Gasteiger partial charge is 0.137 e. The Bertz CT molecular complexity index is 432. The first-order chi connectivity index (χ1) is 9.17. The molecule has 2 rings (SSSR count). The molecule has 0 aromatic heterocycles. The molecule has 2 atom stereocenters. The molecule has 1 fully saturated rings. The average molecular weight is 302 g/mol. The van der Waals surface area contributed by atoms with Crippen LogP contribution in [-0.2, 0) is 0 Å². The molecule has 19 heavy (non-hydrogen) atoms. The summed E-state index contributed by atoms with van der Waals surface area (Å²) < 4.78 is 5.28. The number of hydrogen-bond acceptors (Lipinski definition) is 5. The zero-order valence-electron chi connectivity index (χ0n) is 11.2. The Kier molecular flexibility index (Phi) is 5.36. The van der Waals surface area contributed by atoms with Crippen LogP contribution >= 0.6 is 23.4 Å². The quantitative estimate of drug-likeness (QED) is 0.657. The van der Waals surface area contributed by atoms with Gasteiger partial charge in [0.25, 0.3) is 0 Å². The third-order valence-corrected chi connectivity index (χ3v) is 4.90. The lowest BCUT2D eigenvalue weighted by Crippen LogP contribution is -2.49. The van der Waals surface area contributed by atoms with E-state index in [4.69, 9.17) is 22.2 Å².